The number of nitrogens with zero attached hydrogens (tertiary/aromatic N) is 1. The normalized spacial score (nSPS) is 13.8. The molecule has 0 unspecified atom stereocenters. The van der Waals surface area contributed by atoms with Crippen LogP contribution in [0.2, 0.25) is 0 Å². The summed E-state index contributed by atoms with van der Waals surface area (Å²) in [4.78, 5) is 0. The highest BCUT2D eigenvalue weighted by Crippen LogP contribution is 2.14. The van der Waals surface area contributed by atoms with Gasteiger partial charge < -0.3 is 0 Å². The Labute approximate surface area is 63.9 Å². The van der Waals surface area contributed by atoms with Crippen LogP contribution in [-0.4, -0.2) is 31.3 Å². The first kappa shape index (κ1) is 9.88. The average Bonchev–Trinajstić information content (AvgIpc) is 1.61. The first-order chi connectivity index (χ1) is 4.31. The van der Waals surface area contributed by atoms with E-state index in [1.54, 1.807) is 0 Å². The molecule has 0 aromatic carbocycles. The van der Waals surface area contributed by atoms with Gasteiger partial charge in [0.1, 0.15) is 5.54 Å². The zero-order chi connectivity index (χ0) is 8.41. The molecule has 0 radical (unpaired) electrons. The predicted molar refractivity (Wildman–Crippen MR) is 44.1 cm³/mol. The Morgan fingerprint density at radius 3 is 1.60 bits per heavy atom. The quantitative estimate of drug-likeness (QED) is 0.438. The third kappa shape index (κ3) is 2.25. The van der Waals surface area contributed by atoms with Crippen molar-refractivity contribution in [2.24, 2.45) is 0 Å². The van der Waals surface area contributed by atoms with E-state index in [1.807, 2.05) is 7.05 Å². The molecular weight excluding hydrogens is 126 g/mol. The van der Waals surface area contributed by atoms with Gasteiger partial charge >= 0.3 is 0 Å². The van der Waals surface area contributed by atoms with Crippen molar-refractivity contribution in [3.63, 3.8) is 0 Å². The Hall–Kier alpha value is -0.120. The number of hydrazine groups is 1. The Morgan fingerprint density at radius 1 is 1.10 bits per heavy atom. The van der Waals surface area contributed by atoms with Gasteiger partial charge in [0.05, 0.1) is 14.1 Å². The molecule has 0 atom stereocenters. The molecule has 0 aliphatic carbocycles. The average molecular weight is 146 g/mol. The van der Waals surface area contributed by atoms with E-state index in [9.17, 15) is 0 Å². The predicted octanol–water partition coefficient (Wildman–Crippen LogP) is 0.500. The molecule has 3 nitrogen and oxygen atoms in total. The molecule has 0 fully saturated rings. The van der Waals surface area contributed by atoms with Gasteiger partial charge in [0.2, 0.25) is 0 Å². The van der Waals surface area contributed by atoms with Crippen molar-refractivity contribution in [2.45, 2.75) is 26.3 Å². The van der Waals surface area contributed by atoms with Gasteiger partial charge in [-0.2, -0.15) is 0 Å². The molecule has 0 rings (SSSR count). The number of rotatable bonds is 2. The standard InChI is InChI=1S/C7H20N3/c1-7(2,3)10(5,6)9-8-4/h8-9H,1-6H3/q+1. The molecule has 0 aliphatic heterocycles. The summed E-state index contributed by atoms with van der Waals surface area (Å²) in [5.74, 6) is 0. The van der Waals surface area contributed by atoms with E-state index in [4.69, 9.17) is 0 Å². The van der Waals surface area contributed by atoms with E-state index in [0.29, 0.717) is 0 Å². The maximum absolute atomic E-state index is 3.15. The first-order valence-corrected chi connectivity index (χ1v) is 3.59. The first-order valence-electron chi connectivity index (χ1n) is 3.59. The van der Waals surface area contributed by atoms with Gasteiger partial charge in [-0.25, -0.2) is 10.0 Å². The van der Waals surface area contributed by atoms with Gasteiger partial charge in [-0.1, -0.05) is 5.53 Å². The van der Waals surface area contributed by atoms with Gasteiger partial charge in [-0.05, 0) is 20.8 Å². The van der Waals surface area contributed by atoms with Crippen LogP contribution in [0.4, 0.5) is 0 Å². The van der Waals surface area contributed by atoms with Crippen LogP contribution in [0.5, 0.6) is 0 Å². The zero-order valence-corrected chi connectivity index (χ0v) is 7.95. The second-order valence-corrected chi connectivity index (χ2v) is 3.99. The van der Waals surface area contributed by atoms with Crippen LogP contribution in [-0.2, 0) is 0 Å². The molecule has 0 aliphatic rings. The van der Waals surface area contributed by atoms with Crippen molar-refractivity contribution in [2.75, 3.05) is 21.1 Å². The van der Waals surface area contributed by atoms with Gasteiger partial charge in [-0.15, -0.1) is 0 Å². The van der Waals surface area contributed by atoms with Crippen molar-refractivity contribution < 1.29 is 4.59 Å². The van der Waals surface area contributed by atoms with Crippen molar-refractivity contribution >= 4 is 0 Å². The Balaban J connectivity index is 4.10. The minimum atomic E-state index is 0.211. The molecule has 0 spiro atoms. The Morgan fingerprint density at radius 2 is 1.50 bits per heavy atom. The second-order valence-electron chi connectivity index (χ2n) is 3.99. The highest BCUT2D eigenvalue weighted by molar-refractivity contribution is 4.57. The molecule has 0 amide bonds. The van der Waals surface area contributed by atoms with Crippen LogP contribution >= 0.6 is 0 Å². The Bertz CT molecular complexity index is 102. The third-order valence-corrected chi connectivity index (χ3v) is 2.07. The van der Waals surface area contributed by atoms with Gasteiger partial charge in [0, 0.05) is 7.05 Å². The number of hydrogen-bond donors (Lipinski definition) is 2. The van der Waals surface area contributed by atoms with Crippen molar-refractivity contribution in [1.82, 2.24) is 11.0 Å². The van der Waals surface area contributed by atoms with Gasteiger partial charge in [-0.3, -0.25) is 0 Å². The summed E-state index contributed by atoms with van der Waals surface area (Å²) in [6, 6.07) is 0. The highest BCUT2D eigenvalue weighted by Gasteiger charge is 2.31. The SMILES string of the molecule is CNN[N+](C)(C)C(C)(C)C. The fraction of sp³-hybridized carbons (Fsp3) is 1.00. The molecule has 62 valence electrons. The molecular formula is C7H20N3+. The highest BCUT2D eigenvalue weighted by atomic mass is 15.8. The lowest BCUT2D eigenvalue weighted by Gasteiger charge is -2.40. The molecule has 0 saturated carbocycles. The van der Waals surface area contributed by atoms with E-state index in [0.717, 1.165) is 4.59 Å². The molecule has 3 heteroatoms. The molecule has 0 aromatic rings. The number of hydrogen-bond acceptors (Lipinski definition) is 2. The largest absolute Gasteiger partial charge is 0.233 e. The van der Waals surface area contributed by atoms with Gasteiger partial charge in [0.15, 0.2) is 0 Å². The topological polar surface area (TPSA) is 24.1 Å². The number of quaternary nitrogens is 1. The summed E-state index contributed by atoms with van der Waals surface area (Å²) in [7, 11) is 6.12. The molecule has 0 aromatic heterocycles. The minimum Gasteiger partial charge on any atom is -0.233 e. The zero-order valence-electron chi connectivity index (χ0n) is 7.95. The van der Waals surface area contributed by atoms with E-state index < -0.39 is 0 Å². The van der Waals surface area contributed by atoms with Crippen LogP contribution in [0.1, 0.15) is 20.8 Å². The maximum atomic E-state index is 3.15. The molecule has 10 heavy (non-hydrogen) atoms. The Kier molecular flexibility index (Phi) is 2.83. The van der Waals surface area contributed by atoms with Crippen LogP contribution in [0.3, 0.4) is 0 Å². The van der Waals surface area contributed by atoms with E-state index in [-0.39, 0.29) is 5.54 Å². The lowest BCUT2D eigenvalue weighted by molar-refractivity contribution is -0.981. The lowest BCUT2D eigenvalue weighted by Crippen LogP contribution is -2.65. The monoisotopic (exact) mass is 146 g/mol. The lowest BCUT2D eigenvalue weighted by atomic mass is 10.1. The van der Waals surface area contributed by atoms with E-state index >= 15 is 0 Å². The fourth-order valence-electron chi connectivity index (χ4n) is 0.447. The van der Waals surface area contributed by atoms with E-state index in [2.05, 4.69) is 45.8 Å². The smallest absolute Gasteiger partial charge is 0.109 e. The van der Waals surface area contributed by atoms with Crippen molar-refractivity contribution in [3.05, 3.63) is 0 Å². The van der Waals surface area contributed by atoms with E-state index in [1.165, 1.54) is 0 Å². The van der Waals surface area contributed by atoms with Crippen LogP contribution in [0.15, 0.2) is 0 Å². The minimum absolute atomic E-state index is 0.211. The fourth-order valence-corrected chi connectivity index (χ4v) is 0.447. The van der Waals surface area contributed by atoms with Crippen LogP contribution in [0, 0.1) is 0 Å². The van der Waals surface area contributed by atoms with Gasteiger partial charge in [0.25, 0.3) is 0 Å². The summed E-state index contributed by atoms with van der Waals surface area (Å²) >= 11 is 0. The molecule has 0 bridgehead atoms. The van der Waals surface area contributed by atoms with Crippen molar-refractivity contribution in [1.29, 1.82) is 0 Å². The van der Waals surface area contributed by atoms with Crippen LogP contribution in [0.25, 0.3) is 0 Å². The third-order valence-electron chi connectivity index (χ3n) is 2.07. The number of nitrogens with one attached hydrogen (secondary N) is 2. The summed E-state index contributed by atoms with van der Waals surface area (Å²) in [5, 5.41) is 0. The summed E-state index contributed by atoms with van der Waals surface area (Å²) in [6.07, 6.45) is 0. The molecule has 2 N–H and O–H groups in total. The maximum Gasteiger partial charge on any atom is 0.109 e. The molecule has 0 saturated heterocycles. The summed E-state index contributed by atoms with van der Waals surface area (Å²) < 4.78 is 0.753. The van der Waals surface area contributed by atoms with Crippen LogP contribution < -0.4 is 11.0 Å². The summed E-state index contributed by atoms with van der Waals surface area (Å²) in [5.41, 5.74) is 6.30. The summed E-state index contributed by atoms with van der Waals surface area (Å²) in [6.45, 7) is 6.58. The molecule has 0 heterocycles. The second kappa shape index (κ2) is 2.86. The van der Waals surface area contributed by atoms with Crippen molar-refractivity contribution in [3.8, 4) is 0 Å².